The van der Waals surface area contributed by atoms with Gasteiger partial charge in [-0.25, -0.2) is 9.97 Å². The highest BCUT2D eigenvalue weighted by atomic mass is 16.5. The monoisotopic (exact) mass is 247 g/mol. The van der Waals surface area contributed by atoms with Gasteiger partial charge in [-0.3, -0.25) is 0 Å². The summed E-state index contributed by atoms with van der Waals surface area (Å²) in [6.07, 6.45) is 6.85. The second-order valence-electron chi connectivity index (χ2n) is 5.14. The Balaban J connectivity index is 1.90. The first-order chi connectivity index (χ1) is 8.88. The fourth-order valence-corrected chi connectivity index (χ4v) is 2.77. The minimum atomic E-state index is 0.123. The molecule has 1 N–H and O–H groups in total. The third-order valence-electron chi connectivity index (χ3n) is 3.71. The van der Waals surface area contributed by atoms with Gasteiger partial charge in [0.05, 0.1) is 0 Å². The molecule has 1 aromatic rings. The summed E-state index contributed by atoms with van der Waals surface area (Å²) in [5.74, 6) is 1.96. The number of aromatic nitrogens is 2. The zero-order valence-corrected chi connectivity index (χ0v) is 11.0. The minimum absolute atomic E-state index is 0.123. The number of nitrogens with zero attached hydrogens (tertiary/aromatic N) is 2. The molecule has 1 aromatic heterocycles. The van der Waals surface area contributed by atoms with Crippen LogP contribution in [0.4, 0.5) is 5.82 Å². The van der Waals surface area contributed by atoms with E-state index in [2.05, 4.69) is 12.2 Å². The fourth-order valence-electron chi connectivity index (χ4n) is 2.77. The van der Waals surface area contributed by atoms with Gasteiger partial charge in [0.15, 0.2) is 5.82 Å². The first kappa shape index (κ1) is 11.9. The molecular formula is C14H21N3O. The first-order valence-electron chi connectivity index (χ1n) is 7.13. The molecule has 98 valence electrons. The third kappa shape index (κ3) is 2.21. The molecule has 1 atom stereocenters. The van der Waals surface area contributed by atoms with Crippen molar-refractivity contribution in [3.05, 3.63) is 17.1 Å². The number of nitrogens with one attached hydrogen (secondary N) is 1. The topological polar surface area (TPSA) is 47.0 Å². The number of fused-ring (bicyclic) bond motifs is 1. The molecule has 18 heavy (non-hydrogen) atoms. The number of rotatable bonds is 4. The van der Waals surface area contributed by atoms with Crippen molar-refractivity contribution < 1.29 is 4.74 Å². The minimum Gasteiger partial charge on any atom is -0.370 e. The highest BCUT2D eigenvalue weighted by Crippen LogP contribution is 2.31. The Bertz CT molecular complexity index is 427. The van der Waals surface area contributed by atoms with Gasteiger partial charge in [0, 0.05) is 24.4 Å². The molecule has 4 heteroatoms. The van der Waals surface area contributed by atoms with Crippen molar-refractivity contribution in [3.63, 3.8) is 0 Å². The largest absolute Gasteiger partial charge is 0.370 e. The molecule has 2 heterocycles. The van der Waals surface area contributed by atoms with E-state index in [0.717, 1.165) is 56.9 Å². The molecular weight excluding hydrogens is 226 g/mol. The van der Waals surface area contributed by atoms with Crippen molar-refractivity contribution in [1.82, 2.24) is 9.97 Å². The maximum Gasteiger partial charge on any atom is 0.159 e. The number of hydrogen-bond acceptors (Lipinski definition) is 4. The molecule has 4 nitrogen and oxygen atoms in total. The molecule has 2 aliphatic rings. The van der Waals surface area contributed by atoms with E-state index in [4.69, 9.17) is 14.7 Å². The van der Waals surface area contributed by atoms with Crippen LogP contribution in [-0.4, -0.2) is 23.1 Å². The second kappa shape index (κ2) is 5.22. The van der Waals surface area contributed by atoms with Gasteiger partial charge in [-0.05, 0) is 38.5 Å². The first-order valence-corrected chi connectivity index (χ1v) is 7.13. The normalized spacial score (nSPS) is 22.2. The van der Waals surface area contributed by atoms with Gasteiger partial charge in [0.25, 0.3) is 0 Å². The maximum absolute atomic E-state index is 5.71. The zero-order chi connectivity index (χ0) is 12.4. The summed E-state index contributed by atoms with van der Waals surface area (Å²) in [6, 6.07) is 0. The van der Waals surface area contributed by atoms with Crippen molar-refractivity contribution in [1.29, 1.82) is 0 Å². The Labute approximate surface area is 108 Å². The summed E-state index contributed by atoms with van der Waals surface area (Å²) in [7, 11) is 0. The van der Waals surface area contributed by atoms with Crippen molar-refractivity contribution in [2.45, 2.75) is 51.6 Å². The Morgan fingerprint density at radius 3 is 3.00 bits per heavy atom. The van der Waals surface area contributed by atoms with E-state index in [-0.39, 0.29) is 6.10 Å². The Hall–Kier alpha value is -1.16. The second-order valence-corrected chi connectivity index (χ2v) is 5.14. The van der Waals surface area contributed by atoms with E-state index in [9.17, 15) is 0 Å². The molecule has 0 aromatic carbocycles. The van der Waals surface area contributed by atoms with Crippen LogP contribution < -0.4 is 5.32 Å². The summed E-state index contributed by atoms with van der Waals surface area (Å²) in [5.41, 5.74) is 2.58. The van der Waals surface area contributed by atoms with Gasteiger partial charge < -0.3 is 10.1 Å². The smallest absolute Gasteiger partial charge is 0.159 e. The molecule has 0 radical (unpaired) electrons. The molecule has 0 amide bonds. The SMILES string of the molecule is CCCNc1nc(C2CCCO2)nc2c1CCC2. The van der Waals surface area contributed by atoms with Gasteiger partial charge in [-0.2, -0.15) is 0 Å². The quantitative estimate of drug-likeness (QED) is 0.888. The lowest BCUT2D eigenvalue weighted by atomic mass is 10.2. The molecule has 1 aliphatic heterocycles. The Morgan fingerprint density at radius 1 is 1.28 bits per heavy atom. The van der Waals surface area contributed by atoms with Crippen LogP contribution in [0.2, 0.25) is 0 Å². The predicted molar refractivity (Wildman–Crippen MR) is 70.8 cm³/mol. The molecule has 1 aliphatic carbocycles. The van der Waals surface area contributed by atoms with E-state index >= 15 is 0 Å². The standard InChI is InChI=1S/C14H21N3O/c1-2-8-15-13-10-5-3-6-11(10)16-14(17-13)12-7-4-9-18-12/h12H,2-9H2,1H3,(H,15,16,17). The summed E-state index contributed by atoms with van der Waals surface area (Å²) < 4.78 is 5.71. The van der Waals surface area contributed by atoms with Crippen LogP contribution in [0, 0.1) is 0 Å². The van der Waals surface area contributed by atoms with Crippen molar-refractivity contribution >= 4 is 5.82 Å². The summed E-state index contributed by atoms with van der Waals surface area (Å²) in [6.45, 7) is 4.01. The average Bonchev–Trinajstić information content (AvgIpc) is 3.05. The van der Waals surface area contributed by atoms with Gasteiger partial charge in [-0.1, -0.05) is 6.92 Å². The summed E-state index contributed by atoms with van der Waals surface area (Å²) >= 11 is 0. The average molecular weight is 247 g/mol. The number of aryl methyl sites for hydroxylation is 1. The van der Waals surface area contributed by atoms with Crippen LogP contribution >= 0.6 is 0 Å². The highest BCUT2D eigenvalue weighted by Gasteiger charge is 2.25. The van der Waals surface area contributed by atoms with Crippen LogP contribution in [0.5, 0.6) is 0 Å². The molecule has 0 saturated carbocycles. The van der Waals surface area contributed by atoms with Crippen molar-refractivity contribution in [3.8, 4) is 0 Å². The van der Waals surface area contributed by atoms with Crippen molar-refractivity contribution in [2.24, 2.45) is 0 Å². The molecule has 0 spiro atoms. The predicted octanol–water partition coefficient (Wildman–Crippen LogP) is 2.64. The van der Waals surface area contributed by atoms with Crippen LogP contribution in [0.25, 0.3) is 0 Å². The van der Waals surface area contributed by atoms with Crippen LogP contribution in [0.3, 0.4) is 0 Å². The van der Waals surface area contributed by atoms with E-state index < -0.39 is 0 Å². The van der Waals surface area contributed by atoms with Gasteiger partial charge in [0.2, 0.25) is 0 Å². The van der Waals surface area contributed by atoms with Gasteiger partial charge in [-0.15, -0.1) is 0 Å². The molecule has 3 rings (SSSR count). The number of anilines is 1. The van der Waals surface area contributed by atoms with Crippen molar-refractivity contribution in [2.75, 3.05) is 18.5 Å². The van der Waals surface area contributed by atoms with Crippen LogP contribution in [-0.2, 0) is 17.6 Å². The van der Waals surface area contributed by atoms with Gasteiger partial charge >= 0.3 is 0 Å². The Kier molecular flexibility index (Phi) is 3.46. The Morgan fingerprint density at radius 2 is 2.22 bits per heavy atom. The number of hydrogen-bond donors (Lipinski definition) is 1. The lowest BCUT2D eigenvalue weighted by Crippen LogP contribution is -2.12. The highest BCUT2D eigenvalue weighted by molar-refractivity contribution is 5.49. The lowest BCUT2D eigenvalue weighted by molar-refractivity contribution is 0.105. The maximum atomic E-state index is 5.71. The lowest BCUT2D eigenvalue weighted by Gasteiger charge is -2.14. The van der Waals surface area contributed by atoms with Crippen LogP contribution in [0.1, 0.15) is 55.8 Å². The molecule has 1 fully saturated rings. The van der Waals surface area contributed by atoms with Gasteiger partial charge in [0.1, 0.15) is 11.9 Å². The molecule has 1 saturated heterocycles. The zero-order valence-electron chi connectivity index (χ0n) is 11.0. The molecule has 1 unspecified atom stereocenters. The van der Waals surface area contributed by atoms with E-state index in [1.807, 2.05) is 0 Å². The van der Waals surface area contributed by atoms with E-state index in [0.29, 0.717) is 0 Å². The fraction of sp³-hybridized carbons (Fsp3) is 0.714. The van der Waals surface area contributed by atoms with E-state index in [1.165, 1.54) is 17.7 Å². The molecule has 0 bridgehead atoms. The number of ether oxygens (including phenoxy) is 1. The summed E-state index contributed by atoms with van der Waals surface area (Å²) in [5, 5.41) is 3.45. The van der Waals surface area contributed by atoms with Crippen LogP contribution in [0.15, 0.2) is 0 Å². The third-order valence-corrected chi connectivity index (χ3v) is 3.71. The summed E-state index contributed by atoms with van der Waals surface area (Å²) in [4.78, 5) is 9.44. The van der Waals surface area contributed by atoms with E-state index in [1.54, 1.807) is 0 Å².